The average Bonchev–Trinajstić information content (AvgIpc) is 2.43. The molecule has 4 heteroatoms. The van der Waals surface area contributed by atoms with Gasteiger partial charge in [-0.15, -0.1) is 0 Å². The summed E-state index contributed by atoms with van der Waals surface area (Å²) in [6, 6.07) is 11.7. The molecule has 0 spiro atoms. The molecule has 0 aliphatic carbocycles. The first-order valence-corrected chi connectivity index (χ1v) is 6.46. The van der Waals surface area contributed by atoms with Crippen LogP contribution in [0.3, 0.4) is 0 Å². The molecule has 2 rings (SSSR count). The first-order chi connectivity index (χ1) is 9.17. The van der Waals surface area contributed by atoms with Crippen molar-refractivity contribution in [1.29, 1.82) is 0 Å². The SMILES string of the molecule is COC=C(C(=O)OC)c1cccc2ccc(Br)cc12. The molecule has 2 aromatic rings. The summed E-state index contributed by atoms with van der Waals surface area (Å²) in [5, 5.41) is 2.01. The lowest BCUT2D eigenvalue weighted by molar-refractivity contribution is -0.133. The maximum Gasteiger partial charge on any atom is 0.341 e. The minimum absolute atomic E-state index is 0.397. The highest BCUT2D eigenvalue weighted by Gasteiger charge is 2.15. The Bertz CT molecular complexity index is 647. The van der Waals surface area contributed by atoms with Gasteiger partial charge in [-0.3, -0.25) is 0 Å². The lowest BCUT2D eigenvalue weighted by Gasteiger charge is -2.09. The van der Waals surface area contributed by atoms with Crippen LogP contribution >= 0.6 is 15.9 Å². The fourth-order valence-electron chi connectivity index (χ4n) is 1.93. The zero-order valence-corrected chi connectivity index (χ0v) is 12.2. The number of benzene rings is 2. The summed E-state index contributed by atoms with van der Waals surface area (Å²) in [6.45, 7) is 0. The molecule has 0 aromatic heterocycles. The van der Waals surface area contributed by atoms with Crippen LogP contribution in [-0.2, 0) is 14.3 Å². The summed E-state index contributed by atoms with van der Waals surface area (Å²) in [4.78, 5) is 11.8. The maximum atomic E-state index is 11.8. The normalized spacial score (nSPS) is 11.4. The van der Waals surface area contributed by atoms with E-state index in [9.17, 15) is 4.79 Å². The number of hydrogen-bond donors (Lipinski definition) is 0. The van der Waals surface area contributed by atoms with Crippen molar-refractivity contribution in [3.63, 3.8) is 0 Å². The lowest BCUT2D eigenvalue weighted by atomic mass is 9.99. The number of ether oxygens (including phenoxy) is 2. The molecule has 0 bridgehead atoms. The number of hydrogen-bond acceptors (Lipinski definition) is 3. The molecule has 0 atom stereocenters. The largest absolute Gasteiger partial charge is 0.503 e. The van der Waals surface area contributed by atoms with Crippen molar-refractivity contribution in [3.05, 3.63) is 52.7 Å². The number of carbonyl (C=O) groups excluding carboxylic acids is 1. The van der Waals surface area contributed by atoms with Crippen LogP contribution in [0.25, 0.3) is 16.3 Å². The van der Waals surface area contributed by atoms with E-state index in [0.717, 1.165) is 20.8 Å². The zero-order valence-electron chi connectivity index (χ0n) is 10.6. The second kappa shape index (κ2) is 5.89. The van der Waals surface area contributed by atoms with E-state index in [1.54, 1.807) is 0 Å². The van der Waals surface area contributed by atoms with Gasteiger partial charge >= 0.3 is 5.97 Å². The Kier molecular flexibility index (Phi) is 4.22. The van der Waals surface area contributed by atoms with Crippen LogP contribution in [0, 0.1) is 0 Å². The molecule has 0 radical (unpaired) electrons. The van der Waals surface area contributed by atoms with E-state index in [1.165, 1.54) is 20.5 Å². The zero-order chi connectivity index (χ0) is 13.8. The summed E-state index contributed by atoms with van der Waals surface area (Å²) in [7, 11) is 2.86. The van der Waals surface area contributed by atoms with Gasteiger partial charge in [-0.1, -0.05) is 40.2 Å². The smallest absolute Gasteiger partial charge is 0.341 e. The number of fused-ring (bicyclic) bond motifs is 1. The number of carbonyl (C=O) groups is 1. The second-order valence-electron chi connectivity index (χ2n) is 3.93. The molecule has 0 aliphatic heterocycles. The predicted octanol–water partition coefficient (Wildman–Crippen LogP) is 3.76. The van der Waals surface area contributed by atoms with Gasteiger partial charge in [0.25, 0.3) is 0 Å². The van der Waals surface area contributed by atoms with Crippen molar-refractivity contribution in [2.75, 3.05) is 14.2 Å². The highest BCUT2D eigenvalue weighted by atomic mass is 79.9. The first-order valence-electron chi connectivity index (χ1n) is 5.67. The summed E-state index contributed by atoms with van der Waals surface area (Å²) >= 11 is 3.44. The third-order valence-corrected chi connectivity index (χ3v) is 3.27. The van der Waals surface area contributed by atoms with Gasteiger partial charge in [0, 0.05) is 4.47 Å². The van der Waals surface area contributed by atoms with E-state index in [4.69, 9.17) is 9.47 Å². The van der Waals surface area contributed by atoms with Gasteiger partial charge in [-0.2, -0.15) is 0 Å². The Labute approximate surface area is 120 Å². The summed E-state index contributed by atoms with van der Waals surface area (Å²) in [5.74, 6) is -0.422. The lowest BCUT2D eigenvalue weighted by Crippen LogP contribution is -2.05. The number of rotatable bonds is 3. The van der Waals surface area contributed by atoms with Crippen LogP contribution in [0.15, 0.2) is 47.1 Å². The molecule has 0 fully saturated rings. The third kappa shape index (κ3) is 2.79. The monoisotopic (exact) mass is 320 g/mol. The predicted molar refractivity (Wildman–Crippen MR) is 78.7 cm³/mol. The Balaban J connectivity index is 2.69. The molecule has 0 saturated heterocycles. The van der Waals surface area contributed by atoms with Gasteiger partial charge in [0.1, 0.15) is 5.57 Å². The molecular weight excluding hydrogens is 308 g/mol. The van der Waals surface area contributed by atoms with Gasteiger partial charge in [0.15, 0.2) is 0 Å². The summed E-state index contributed by atoms with van der Waals surface area (Å²) in [6.07, 6.45) is 1.40. The first kappa shape index (κ1) is 13.6. The molecule has 0 aliphatic rings. The van der Waals surface area contributed by atoms with Crippen molar-refractivity contribution in [1.82, 2.24) is 0 Å². The molecule has 0 saturated carbocycles. The number of methoxy groups -OCH3 is 2. The van der Waals surface area contributed by atoms with Crippen LogP contribution in [-0.4, -0.2) is 20.2 Å². The molecule has 0 amide bonds. The number of esters is 1. The third-order valence-electron chi connectivity index (χ3n) is 2.78. The molecule has 19 heavy (non-hydrogen) atoms. The standard InChI is InChI=1S/C15H13BrO3/c1-18-9-14(15(17)19-2)12-5-3-4-10-6-7-11(16)8-13(10)12/h3-9H,1-2H3. The fraction of sp³-hybridized carbons (Fsp3) is 0.133. The van der Waals surface area contributed by atoms with E-state index in [1.807, 2.05) is 36.4 Å². The van der Waals surface area contributed by atoms with Crippen LogP contribution in [0.2, 0.25) is 0 Å². The second-order valence-corrected chi connectivity index (χ2v) is 4.85. The van der Waals surface area contributed by atoms with Crippen LogP contribution in [0.5, 0.6) is 0 Å². The van der Waals surface area contributed by atoms with Gasteiger partial charge in [0.05, 0.1) is 20.5 Å². The van der Waals surface area contributed by atoms with E-state index in [-0.39, 0.29) is 0 Å². The Morgan fingerprint density at radius 3 is 2.68 bits per heavy atom. The van der Waals surface area contributed by atoms with Crippen molar-refractivity contribution < 1.29 is 14.3 Å². The van der Waals surface area contributed by atoms with Gasteiger partial charge in [-0.05, 0) is 28.5 Å². The minimum atomic E-state index is -0.422. The van der Waals surface area contributed by atoms with E-state index >= 15 is 0 Å². The average molecular weight is 321 g/mol. The molecule has 3 nitrogen and oxygen atoms in total. The minimum Gasteiger partial charge on any atom is -0.503 e. The van der Waals surface area contributed by atoms with Gasteiger partial charge < -0.3 is 9.47 Å². The van der Waals surface area contributed by atoms with Crippen LogP contribution in [0.4, 0.5) is 0 Å². The molecule has 0 N–H and O–H groups in total. The van der Waals surface area contributed by atoms with Crippen molar-refractivity contribution in [3.8, 4) is 0 Å². The summed E-state index contributed by atoms with van der Waals surface area (Å²) < 4.78 is 10.7. The fourth-order valence-corrected chi connectivity index (χ4v) is 2.29. The number of halogens is 1. The van der Waals surface area contributed by atoms with Crippen molar-refractivity contribution in [2.45, 2.75) is 0 Å². The van der Waals surface area contributed by atoms with Crippen LogP contribution in [0.1, 0.15) is 5.56 Å². The summed E-state index contributed by atoms with van der Waals surface area (Å²) in [5.41, 5.74) is 1.18. The maximum absolute atomic E-state index is 11.8. The van der Waals surface area contributed by atoms with Crippen molar-refractivity contribution >= 4 is 38.2 Å². The van der Waals surface area contributed by atoms with Crippen molar-refractivity contribution in [2.24, 2.45) is 0 Å². The van der Waals surface area contributed by atoms with Gasteiger partial charge in [-0.25, -0.2) is 4.79 Å². The highest BCUT2D eigenvalue weighted by Crippen LogP contribution is 2.28. The molecule has 0 unspecified atom stereocenters. The molecule has 2 aromatic carbocycles. The molecule has 0 heterocycles. The van der Waals surface area contributed by atoms with E-state index in [0.29, 0.717) is 5.57 Å². The van der Waals surface area contributed by atoms with E-state index < -0.39 is 5.97 Å². The highest BCUT2D eigenvalue weighted by molar-refractivity contribution is 9.10. The molecular formula is C15H13BrO3. The Hall–Kier alpha value is -1.81. The Morgan fingerprint density at radius 1 is 1.21 bits per heavy atom. The van der Waals surface area contributed by atoms with E-state index in [2.05, 4.69) is 15.9 Å². The Morgan fingerprint density at radius 2 is 2.00 bits per heavy atom. The topological polar surface area (TPSA) is 35.5 Å². The van der Waals surface area contributed by atoms with Crippen LogP contribution < -0.4 is 0 Å². The van der Waals surface area contributed by atoms with Gasteiger partial charge in [0.2, 0.25) is 0 Å². The quantitative estimate of drug-likeness (QED) is 0.490. The molecule has 98 valence electrons.